The molecule has 0 aromatic rings. The smallest absolute Gasteiger partial charge is 0.0743 e. The fourth-order valence-corrected chi connectivity index (χ4v) is 14.1. The Morgan fingerprint density at radius 3 is 1.57 bits per heavy atom. The van der Waals surface area contributed by atoms with E-state index in [1.165, 1.54) is 36.5 Å². The number of rotatable bonds is 0. The molecule has 18 atom stereocenters. The van der Waals surface area contributed by atoms with E-state index in [4.69, 9.17) is 0 Å². The van der Waals surface area contributed by atoms with Gasteiger partial charge in [-0.25, -0.2) is 0 Å². The van der Waals surface area contributed by atoms with Crippen molar-refractivity contribution in [2.45, 2.75) is 18.4 Å². The summed E-state index contributed by atoms with van der Waals surface area (Å²) in [5.41, 5.74) is -0.136. The average Bonchev–Trinajstić information content (AvgIpc) is 3.11. The van der Waals surface area contributed by atoms with Crippen molar-refractivity contribution in [1.82, 2.24) is 0 Å². The highest BCUT2D eigenvalue weighted by Crippen LogP contribution is 2.97. The first kappa shape index (κ1) is 9.30. The fourth-order valence-electron chi connectivity index (χ4n) is 14.1. The van der Waals surface area contributed by atoms with Crippen LogP contribution >= 0.6 is 0 Å². The molecule has 10 aliphatic carbocycles. The maximum atomic E-state index is 12.1. The summed E-state index contributed by atoms with van der Waals surface area (Å²) >= 11 is 0. The van der Waals surface area contributed by atoms with Crippen LogP contribution in [-0.2, 0) is 0 Å². The molecule has 0 amide bonds. The lowest BCUT2D eigenvalue weighted by atomic mass is 9.68. The molecular weight excluding hydrogens is 256 g/mol. The van der Waals surface area contributed by atoms with Crippen molar-refractivity contribution in [1.29, 1.82) is 0 Å². The van der Waals surface area contributed by atoms with Gasteiger partial charge in [0.25, 0.3) is 0 Å². The Bertz CT molecular complexity index is 635. The molecule has 10 rings (SSSR count). The minimum absolute atomic E-state index is 0.136. The van der Waals surface area contributed by atoms with Crippen LogP contribution in [0.2, 0.25) is 0 Å². The van der Waals surface area contributed by atoms with E-state index in [0.717, 1.165) is 76.9 Å². The molecule has 10 fully saturated rings. The van der Waals surface area contributed by atoms with Crippen LogP contribution in [0.15, 0.2) is 0 Å². The summed E-state index contributed by atoms with van der Waals surface area (Å²) in [4.78, 5) is 0. The third-order valence-electron chi connectivity index (χ3n) is 12.7. The fraction of sp³-hybridized carbons (Fsp3) is 1.00. The molecular formula is C20H22O. The Hall–Kier alpha value is -0.0400. The minimum Gasteiger partial charge on any atom is -0.389 e. The Morgan fingerprint density at radius 1 is 0.524 bits per heavy atom. The molecule has 0 spiro atoms. The average molecular weight is 278 g/mol. The first-order valence-corrected chi connectivity index (χ1v) is 10.1. The second-order valence-electron chi connectivity index (χ2n) is 11.4. The SMILES string of the molecule is OC12C3[C@H]4[C@H]5[C@@H]6C7C([C@H]8C[C@@H]1[C@@H]4[C@@H]68)[C@@H]1C[C@@H]2[C@H]2[C@@H]3[C@@H]5[C@@H]7[C@@H]21. The third-order valence-corrected chi connectivity index (χ3v) is 12.7. The van der Waals surface area contributed by atoms with Gasteiger partial charge < -0.3 is 5.11 Å². The molecule has 0 saturated heterocycles. The molecule has 4 unspecified atom stereocenters. The van der Waals surface area contributed by atoms with Gasteiger partial charge in [0.05, 0.1) is 5.60 Å². The van der Waals surface area contributed by atoms with Crippen molar-refractivity contribution in [2.75, 3.05) is 0 Å². The predicted octanol–water partition coefficient (Wildman–Crippen LogP) is 2.11. The zero-order chi connectivity index (χ0) is 12.7. The number of aliphatic hydroxyl groups is 1. The summed E-state index contributed by atoms with van der Waals surface area (Å²) in [5.74, 6) is 18.0. The molecule has 1 heteroatoms. The Morgan fingerprint density at radius 2 is 1.00 bits per heavy atom. The first-order chi connectivity index (χ1) is 10.3. The van der Waals surface area contributed by atoms with Crippen molar-refractivity contribution < 1.29 is 5.11 Å². The zero-order valence-corrected chi connectivity index (χ0v) is 12.2. The van der Waals surface area contributed by atoms with Gasteiger partial charge in [-0.3, -0.25) is 0 Å². The lowest BCUT2D eigenvalue weighted by molar-refractivity contribution is -0.0840. The Kier molecular flexibility index (Phi) is 0.914. The number of hydrogen-bond donors (Lipinski definition) is 1. The van der Waals surface area contributed by atoms with Crippen LogP contribution in [0, 0.1) is 101 Å². The molecule has 0 aliphatic heterocycles. The van der Waals surface area contributed by atoms with Crippen LogP contribution in [0.4, 0.5) is 0 Å². The number of hydrogen-bond acceptors (Lipinski definition) is 1. The van der Waals surface area contributed by atoms with Crippen molar-refractivity contribution in [2.24, 2.45) is 101 Å². The summed E-state index contributed by atoms with van der Waals surface area (Å²) < 4.78 is 0. The van der Waals surface area contributed by atoms with E-state index in [1.54, 1.807) is 0 Å². The summed E-state index contributed by atoms with van der Waals surface area (Å²) in [6.45, 7) is 0. The lowest BCUT2D eigenvalue weighted by Gasteiger charge is -2.41. The molecule has 1 nitrogen and oxygen atoms in total. The van der Waals surface area contributed by atoms with Crippen molar-refractivity contribution in [3.63, 3.8) is 0 Å². The Balaban J connectivity index is 1.50. The van der Waals surface area contributed by atoms with Crippen LogP contribution in [0.1, 0.15) is 12.8 Å². The topological polar surface area (TPSA) is 20.2 Å². The van der Waals surface area contributed by atoms with E-state index < -0.39 is 0 Å². The first-order valence-electron chi connectivity index (χ1n) is 10.1. The van der Waals surface area contributed by atoms with Gasteiger partial charge in [-0.05, 0) is 113 Å². The normalized spacial score (nSPS) is 99.0. The van der Waals surface area contributed by atoms with Gasteiger partial charge in [0, 0.05) is 0 Å². The van der Waals surface area contributed by atoms with E-state index in [1.807, 2.05) is 0 Å². The van der Waals surface area contributed by atoms with E-state index in [0.29, 0.717) is 0 Å². The van der Waals surface area contributed by atoms with Crippen LogP contribution in [0.25, 0.3) is 0 Å². The van der Waals surface area contributed by atoms with E-state index in [9.17, 15) is 5.11 Å². The van der Waals surface area contributed by atoms with Crippen LogP contribution < -0.4 is 0 Å². The second kappa shape index (κ2) is 2.06. The van der Waals surface area contributed by atoms with Gasteiger partial charge in [0.2, 0.25) is 0 Å². The highest BCUT2D eigenvalue weighted by Gasteiger charge is 2.95. The van der Waals surface area contributed by atoms with Crippen LogP contribution in [-0.4, -0.2) is 10.7 Å². The van der Waals surface area contributed by atoms with E-state index in [2.05, 4.69) is 0 Å². The van der Waals surface area contributed by atoms with Gasteiger partial charge in [-0.1, -0.05) is 0 Å². The van der Waals surface area contributed by atoms with Gasteiger partial charge in [0.1, 0.15) is 0 Å². The molecule has 0 aromatic carbocycles. The molecule has 108 valence electrons. The van der Waals surface area contributed by atoms with Gasteiger partial charge in [0.15, 0.2) is 0 Å². The van der Waals surface area contributed by atoms with E-state index >= 15 is 0 Å². The van der Waals surface area contributed by atoms with Crippen LogP contribution in [0.5, 0.6) is 0 Å². The van der Waals surface area contributed by atoms with Gasteiger partial charge in [-0.2, -0.15) is 0 Å². The molecule has 10 aliphatic rings. The van der Waals surface area contributed by atoms with Crippen molar-refractivity contribution in [3.8, 4) is 0 Å². The second-order valence-corrected chi connectivity index (χ2v) is 11.4. The molecule has 0 heterocycles. The maximum absolute atomic E-state index is 12.1. The monoisotopic (exact) mass is 278 g/mol. The molecule has 10 saturated carbocycles. The van der Waals surface area contributed by atoms with Gasteiger partial charge in [-0.15, -0.1) is 0 Å². The summed E-state index contributed by atoms with van der Waals surface area (Å²) in [6.07, 6.45) is 2.97. The zero-order valence-electron chi connectivity index (χ0n) is 12.2. The largest absolute Gasteiger partial charge is 0.389 e. The molecule has 21 heavy (non-hydrogen) atoms. The van der Waals surface area contributed by atoms with Crippen molar-refractivity contribution >= 4 is 0 Å². The van der Waals surface area contributed by atoms with Crippen molar-refractivity contribution in [3.05, 3.63) is 0 Å². The molecule has 0 bridgehead atoms. The van der Waals surface area contributed by atoms with E-state index in [-0.39, 0.29) is 5.60 Å². The highest BCUT2D eigenvalue weighted by atomic mass is 16.3. The number of fused-ring (bicyclic) bond motifs is 4. The van der Waals surface area contributed by atoms with Crippen LogP contribution in [0.3, 0.4) is 0 Å². The molecule has 0 radical (unpaired) electrons. The summed E-state index contributed by atoms with van der Waals surface area (Å²) in [6, 6.07) is 0. The molecule has 0 aromatic heterocycles. The quantitative estimate of drug-likeness (QED) is 0.719. The minimum atomic E-state index is -0.136. The Labute approximate surface area is 124 Å². The van der Waals surface area contributed by atoms with Gasteiger partial charge >= 0.3 is 0 Å². The predicted molar refractivity (Wildman–Crippen MR) is 73.5 cm³/mol. The lowest BCUT2D eigenvalue weighted by Crippen LogP contribution is -2.46. The maximum Gasteiger partial charge on any atom is 0.0743 e. The summed E-state index contributed by atoms with van der Waals surface area (Å²) in [7, 11) is 0. The third kappa shape index (κ3) is 0.496. The highest BCUT2D eigenvalue weighted by molar-refractivity contribution is 5.42. The standard InChI is InChI=1S/C20H22O/c21-20-5-1-3-7-4-2-6(20)11-9(4)14-12(7)13-8(3)10(5)17-15(13)16(14)18(11)19(17)20/h3-19,21H,1-2H2/t3-,4+,5-,6-,7?,8+,9-,10-,11-,12?,13+,14-,15+,16-,17-,18-,19?,20?/m1/s1. The molecule has 1 N–H and O–H groups in total. The summed E-state index contributed by atoms with van der Waals surface area (Å²) in [5, 5.41) is 12.1.